The second-order valence-electron chi connectivity index (χ2n) is 3.50. The number of rotatable bonds is 3. The number of aromatic nitrogens is 2. The number of hydrogen-bond acceptors (Lipinski definition) is 2. The van der Waals surface area contributed by atoms with Crippen LogP contribution in [-0.4, -0.2) is 16.3 Å². The lowest BCUT2D eigenvalue weighted by Crippen LogP contribution is -2.02. The van der Waals surface area contributed by atoms with E-state index in [-0.39, 0.29) is 0 Å². The molecule has 0 aliphatic carbocycles. The maximum absolute atomic E-state index is 5.54. The van der Waals surface area contributed by atoms with Crippen LogP contribution in [-0.2, 0) is 13.0 Å². The molecule has 0 spiro atoms. The van der Waals surface area contributed by atoms with Gasteiger partial charge in [-0.1, -0.05) is 6.07 Å². The Morgan fingerprint density at radius 2 is 2.27 bits per heavy atom. The Morgan fingerprint density at radius 3 is 2.93 bits per heavy atom. The smallest absolute Gasteiger partial charge is 0.136 e. The minimum Gasteiger partial charge on any atom is -0.330 e. The highest BCUT2D eigenvalue weighted by Gasteiger charge is 2.07. The topological polar surface area (TPSA) is 43.8 Å². The molecule has 0 aliphatic rings. The van der Waals surface area contributed by atoms with Gasteiger partial charge in [0.1, 0.15) is 4.60 Å². The first kappa shape index (κ1) is 10.6. The maximum atomic E-state index is 5.54. The lowest BCUT2D eigenvalue weighted by Gasteiger charge is -2.00. The fourth-order valence-corrected chi connectivity index (χ4v) is 2.26. The predicted octanol–water partition coefficient (Wildman–Crippen LogP) is 2.32. The molecular formula is C11H14BrN3. The van der Waals surface area contributed by atoms with E-state index >= 15 is 0 Å². The number of nitrogens with two attached hydrogens (primary N) is 1. The van der Waals surface area contributed by atoms with Gasteiger partial charge in [0.15, 0.2) is 0 Å². The lowest BCUT2D eigenvalue weighted by molar-refractivity contribution is 0.678. The van der Waals surface area contributed by atoms with E-state index in [1.165, 1.54) is 16.5 Å². The molecule has 0 radical (unpaired) electrons. The summed E-state index contributed by atoms with van der Waals surface area (Å²) >= 11 is 3.48. The molecule has 1 aromatic carbocycles. The highest BCUT2D eigenvalue weighted by Crippen LogP contribution is 2.24. The first-order valence-electron chi connectivity index (χ1n) is 5.11. The molecular weight excluding hydrogens is 254 g/mol. The van der Waals surface area contributed by atoms with Gasteiger partial charge in [0.2, 0.25) is 0 Å². The molecule has 0 unspecified atom stereocenters. The first-order chi connectivity index (χ1) is 7.26. The van der Waals surface area contributed by atoms with Crippen LogP contribution in [0, 0.1) is 0 Å². The molecule has 0 saturated heterocycles. The maximum Gasteiger partial charge on any atom is 0.136 e. The molecule has 0 amide bonds. The molecule has 1 aromatic heterocycles. The van der Waals surface area contributed by atoms with Gasteiger partial charge in [-0.2, -0.15) is 5.10 Å². The van der Waals surface area contributed by atoms with E-state index in [0.717, 1.165) is 17.6 Å². The summed E-state index contributed by atoms with van der Waals surface area (Å²) in [6.45, 7) is 3.66. The van der Waals surface area contributed by atoms with Crippen molar-refractivity contribution in [2.24, 2.45) is 5.73 Å². The Bertz CT molecular complexity index is 476. The molecule has 2 N–H and O–H groups in total. The van der Waals surface area contributed by atoms with Crippen LogP contribution in [0.15, 0.2) is 22.8 Å². The van der Waals surface area contributed by atoms with E-state index in [4.69, 9.17) is 5.73 Å². The van der Waals surface area contributed by atoms with Gasteiger partial charge in [-0.05, 0) is 53.5 Å². The van der Waals surface area contributed by atoms with Crippen molar-refractivity contribution < 1.29 is 0 Å². The van der Waals surface area contributed by atoms with Crippen molar-refractivity contribution in [3.63, 3.8) is 0 Å². The van der Waals surface area contributed by atoms with Crippen LogP contribution < -0.4 is 5.73 Å². The average molecular weight is 268 g/mol. The fourth-order valence-electron chi connectivity index (χ4n) is 1.75. The minimum absolute atomic E-state index is 0.686. The van der Waals surface area contributed by atoms with Crippen LogP contribution in [0.25, 0.3) is 10.9 Å². The van der Waals surface area contributed by atoms with Crippen LogP contribution >= 0.6 is 15.9 Å². The van der Waals surface area contributed by atoms with Crippen molar-refractivity contribution in [3.05, 3.63) is 28.4 Å². The molecule has 1 heterocycles. The minimum atomic E-state index is 0.686. The van der Waals surface area contributed by atoms with Gasteiger partial charge in [-0.25, -0.2) is 0 Å². The lowest BCUT2D eigenvalue weighted by atomic mass is 10.1. The zero-order valence-electron chi connectivity index (χ0n) is 8.70. The number of fused-ring (bicyclic) bond motifs is 1. The van der Waals surface area contributed by atoms with Crippen molar-refractivity contribution in [2.45, 2.75) is 19.9 Å². The van der Waals surface area contributed by atoms with Crippen molar-refractivity contribution in [1.82, 2.24) is 9.78 Å². The highest BCUT2D eigenvalue weighted by molar-refractivity contribution is 9.10. The molecule has 15 heavy (non-hydrogen) atoms. The standard InChI is InChI=1S/C11H14BrN3/c1-2-15-10-4-3-8(5-6-13)7-9(10)11(12)14-15/h3-4,7H,2,5-6,13H2,1H3. The molecule has 80 valence electrons. The number of benzene rings is 1. The largest absolute Gasteiger partial charge is 0.330 e. The van der Waals surface area contributed by atoms with Crippen LogP contribution in [0.4, 0.5) is 0 Å². The summed E-state index contributed by atoms with van der Waals surface area (Å²) in [6, 6.07) is 6.39. The van der Waals surface area contributed by atoms with Crippen molar-refractivity contribution in [3.8, 4) is 0 Å². The van der Waals surface area contributed by atoms with Crippen LogP contribution in [0.3, 0.4) is 0 Å². The number of nitrogens with zero attached hydrogens (tertiary/aromatic N) is 2. The zero-order chi connectivity index (χ0) is 10.8. The van der Waals surface area contributed by atoms with E-state index < -0.39 is 0 Å². The second-order valence-corrected chi connectivity index (χ2v) is 4.25. The Balaban J connectivity index is 2.56. The molecule has 4 heteroatoms. The third kappa shape index (κ3) is 1.92. The fraction of sp³-hybridized carbons (Fsp3) is 0.364. The monoisotopic (exact) mass is 267 g/mol. The third-order valence-corrected chi connectivity index (χ3v) is 3.09. The van der Waals surface area contributed by atoms with E-state index in [1.54, 1.807) is 0 Å². The summed E-state index contributed by atoms with van der Waals surface area (Å²) < 4.78 is 2.91. The van der Waals surface area contributed by atoms with Gasteiger partial charge in [-0.15, -0.1) is 0 Å². The number of hydrogen-bond donors (Lipinski definition) is 1. The summed E-state index contributed by atoms with van der Waals surface area (Å²) in [6.07, 6.45) is 0.916. The molecule has 0 bridgehead atoms. The summed E-state index contributed by atoms with van der Waals surface area (Å²) in [5, 5.41) is 5.58. The Morgan fingerprint density at radius 1 is 1.47 bits per heavy atom. The molecule has 0 fully saturated rings. The van der Waals surface area contributed by atoms with Crippen molar-refractivity contribution in [2.75, 3.05) is 6.54 Å². The van der Waals surface area contributed by atoms with Gasteiger partial charge in [-0.3, -0.25) is 4.68 Å². The molecule has 0 saturated carbocycles. The highest BCUT2D eigenvalue weighted by atomic mass is 79.9. The SMILES string of the molecule is CCn1nc(Br)c2cc(CCN)ccc21. The third-order valence-electron chi connectivity index (χ3n) is 2.50. The van der Waals surface area contributed by atoms with Gasteiger partial charge in [0.05, 0.1) is 5.52 Å². The Labute approximate surface area is 97.4 Å². The average Bonchev–Trinajstić information content (AvgIpc) is 2.56. The Kier molecular flexibility index (Phi) is 3.07. The summed E-state index contributed by atoms with van der Waals surface area (Å²) in [5.41, 5.74) is 7.98. The second kappa shape index (κ2) is 4.33. The summed E-state index contributed by atoms with van der Waals surface area (Å²) in [5.74, 6) is 0. The quantitative estimate of drug-likeness (QED) is 0.928. The van der Waals surface area contributed by atoms with E-state index in [0.29, 0.717) is 6.54 Å². The molecule has 2 aromatic rings. The van der Waals surface area contributed by atoms with Gasteiger partial charge >= 0.3 is 0 Å². The van der Waals surface area contributed by atoms with Crippen LogP contribution in [0.1, 0.15) is 12.5 Å². The number of aryl methyl sites for hydroxylation is 1. The van der Waals surface area contributed by atoms with Crippen molar-refractivity contribution in [1.29, 1.82) is 0 Å². The summed E-state index contributed by atoms with van der Waals surface area (Å²) in [7, 11) is 0. The van der Waals surface area contributed by atoms with Gasteiger partial charge in [0, 0.05) is 11.9 Å². The molecule has 2 rings (SSSR count). The van der Waals surface area contributed by atoms with Gasteiger partial charge < -0.3 is 5.73 Å². The van der Waals surface area contributed by atoms with Crippen molar-refractivity contribution >= 4 is 26.8 Å². The van der Waals surface area contributed by atoms with E-state index in [2.05, 4.69) is 46.2 Å². The first-order valence-corrected chi connectivity index (χ1v) is 5.90. The van der Waals surface area contributed by atoms with Crippen LogP contribution in [0.5, 0.6) is 0 Å². The number of halogens is 1. The van der Waals surface area contributed by atoms with E-state index in [1.807, 2.05) is 4.68 Å². The molecule has 0 atom stereocenters. The normalized spacial score (nSPS) is 11.1. The molecule has 3 nitrogen and oxygen atoms in total. The molecule has 0 aliphatic heterocycles. The zero-order valence-corrected chi connectivity index (χ0v) is 10.3. The Hall–Kier alpha value is -0.870. The van der Waals surface area contributed by atoms with Gasteiger partial charge in [0.25, 0.3) is 0 Å². The summed E-state index contributed by atoms with van der Waals surface area (Å²) in [4.78, 5) is 0. The predicted molar refractivity (Wildman–Crippen MR) is 65.9 cm³/mol. The van der Waals surface area contributed by atoms with E-state index in [9.17, 15) is 0 Å². The van der Waals surface area contributed by atoms with Crippen LogP contribution in [0.2, 0.25) is 0 Å².